The van der Waals surface area contributed by atoms with Crippen LogP contribution in [-0.4, -0.2) is 37.8 Å². The Labute approximate surface area is 61.4 Å². The molecule has 60 valence electrons. The van der Waals surface area contributed by atoms with E-state index in [1.54, 1.807) is 21.0 Å². The zero-order chi connectivity index (χ0) is 7.98. The molecule has 0 aromatic rings. The maximum absolute atomic E-state index is 8.85. The Morgan fingerprint density at radius 3 is 2.60 bits per heavy atom. The van der Waals surface area contributed by atoms with Crippen LogP contribution in [0.3, 0.4) is 0 Å². The number of aliphatic hydroxyl groups excluding tert-OH is 1. The average molecular weight is 145 g/mol. The van der Waals surface area contributed by atoms with Gasteiger partial charge in [-0.05, 0) is 6.92 Å². The molecule has 4 nitrogen and oxygen atoms in total. The summed E-state index contributed by atoms with van der Waals surface area (Å²) in [6.45, 7) is 2.24. The molecule has 0 aromatic carbocycles. The topological polar surface area (TPSA) is 56.7 Å². The first kappa shape index (κ1) is 9.23. The molecule has 3 N–H and O–H groups in total. The van der Waals surface area contributed by atoms with Crippen molar-refractivity contribution in [2.24, 2.45) is 4.99 Å². The summed E-state index contributed by atoms with van der Waals surface area (Å²) in [7, 11) is 3.46. The molecule has 0 aliphatic rings. The molecule has 0 aromatic heterocycles. The van der Waals surface area contributed by atoms with Gasteiger partial charge in [0.05, 0.1) is 6.10 Å². The Morgan fingerprint density at radius 2 is 2.30 bits per heavy atom. The highest BCUT2D eigenvalue weighted by Crippen LogP contribution is 1.73. The van der Waals surface area contributed by atoms with E-state index < -0.39 is 0 Å². The molecule has 0 unspecified atom stereocenters. The Balaban J connectivity index is 3.46. The number of hydrogen-bond acceptors (Lipinski definition) is 2. The van der Waals surface area contributed by atoms with Crippen molar-refractivity contribution >= 4 is 5.96 Å². The van der Waals surface area contributed by atoms with Crippen LogP contribution >= 0.6 is 0 Å². The van der Waals surface area contributed by atoms with Gasteiger partial charge in [0.25, 0.3) is 0 Å². The third-order valence-corrected chi connectivity index (χ3v) is 1.03. The molecule has 0 saturated carbocycles. The van der Waals surface area contributed by atoms with Crippen LogP contribution in [0.4, 0.5) is 0 Å². The standard InChI is InChI=1S/C6H15N3O/c1-5(10)4-9-6(7-2)8-3/h5,10H,4H2,1-3H3,(H2,7,8,9)/t5-/m1/s1. The van der Waals surface area contributed by atoms with Crippen LogP contribution < -0.4 is 10.6 Å². The van der Waals surface area contributed by atoms with Gasteiger partial charge in [-0.25, -0.2) is 0 Å². The van der Waals surface area contributed by atoms with Crippen LogP contribution in [0.5, 0.6) is 0 Å². The molecule has 4 heteroatoms. The third-order valence-electron chi connectivity index (χ3n) is 1.03. The van der Waals surface area contributed by atoms with Crippen molar-refractivity contribution in [2.45, 2.75) is 13.0 Å². The molecule has 1 atom stereocenters. The van der Waals surface area contributed by atoms with E-state index in [9.17, 15) is 0 Å². The highest BCUT2D eigenvalue weighted by Gasteiger charge is 1.95. The van der Waals surface area contributed by atoms with Gasteiger partial charge in [0.1, 0.15) is 0 Å². The van der Waals surface area contributed by atoms with E-state index in [0.29, 0.717) is 12.5 Å². The van der Waals surface area contributed by atoms with Crippen molar-refractivity contribution in [2.75, 3.05) is 20.6 Å². The van der Waals surface area contributed by atoms with Gasteiger partial charge >= 0.3 is 0 Å². The highest BCUT2D eigenvalue weighted by atomic mass is 16.3. The minimum Gasteiger partial charge on any atom is -0.392 e. The summed E-state index contributed by atoms with van der Waals surface area (Å²) in [6.07, 6.45) is -0.343. The fraction of sp³-hybridized carbons (Fsp3) is 0.833. The van der Waals surface area contributed by atoms with E-state index in [4.69, 9.17) is 5.11 Å². The van der Waals surface area contributed by atoms with Crippen molar-refractivity contribution in [1.82, 2.24) is 10.6 Å². The van der Waals surface area contributed by atoms with Crippen LogP contribution in [0, 0.1) is 0 Å². The zero-order valence-corrected chi connectivity index (χ0v) is 6.68. The van der Waals surface area contributed by atoms with Crippen molar-refractivity contribution < 1.29 is 5.11 Å². The molecule has 0 fully saturated rings. The maximum atomic E-state index is 8.85. The van der Waals surface area contributed by atoms with Crippen molar-refractivity contribution in [3.05, 3.63) is 0 Å². The van der Waals surface area contributed by atoms with E-state index in [0.717, 1.165) is 0 Å². The lowest BCUT2D eigenvalue weighted by Crippen LogP contribution is -2.38. The van der Waals surface area contributed by atoms with Crippen LogP contribution in [0.2, 0.25) is 0 Å². The summed E-state index contributed by atoms with van der Waals surface area (Å²) < 4.78 is 0. The van der Waals surface area contributed by atoms with Gasteiger partial charge in [0, 0.05) is 20.6 Å². The summed E-state index contributed by atoms with van der Waals surface area (Å²) in [6, 6.07) is 0. The fourth-order valence-corrected chi connectivity index (χ4v) is 0.524. The molecule has 10 heavy (non-hydrogen) atoms. The smallest absolute Gasteiger partial charge is 0.190 e. The first-order valence-electron chi connectivity index (χ1n) is 3.27. The summed E-state index contributed by atoms with van der Waals surface area (Å²) in [5, 5.41) is 14.6. The fourth-order valence-electron chi connectivity index (χ4n) is 0.524. The molecule has 0 aliphatic heterocycles. The molecule has 0 aliphatic carbocycles. The van der Waals surface area contributed by atoms with Crippen LogP contribution in [-0.2, 0) is 0 Å². The second-order valence-electron chi connectivity index (χ2n) is 2.05. The lowest BCUT2D eigenvalue weighted by Gasteiger charge is -2.09. The Hall–Kier alpha value is -0.770. The van der Waals surface area contributed by atoms with Crippen molar-refractivity contribution in [3.8, 4) is 0 Å². The molecule has 0 saturated heterocycles. The van der Waals surface area contributed by atoms with E-state index in [1.807, 2.05) is 0 Å². The molecular formula is C6H15N3O. The lowest BCUT2D eigenvalue weighted by atomic mass is 10.4. The Bertz CT molecular complexity index is 112. The first-order chi connectivity index (χ1) is 4.70. The molecule has 0 spiro atoms. The van der Waals surface area contributed by atoms with Gasteiger partial charge < -0.3 is 15.7 Å². The minimum absolute atomic E-state index is 0.343. The monoisotopic (exact) mass is 145 g/mol. The number of nitrogens with zero attached hydrogens (tertiary/aromatic N) is 1. The predicted molar refractivity (Wildman–Crippen MR) is 42.1 cm³/mol. The molecule has 0 rings (SSSR count). The number of aliphatic hydroxyl groups is 1. The van der Waals surface area contributed by atoms with E-state index in [1.165, 1.54) is 0 Å². The van der Waals surface area contributed by atoms with Crippen molar-refractivity contribution in [3.63, 3.8) is 0 Å². The van der Waals surface area contributed by atoms with Crippen molar-refractivity contribution in [1.29, 1.82) is 0 Å². The number of rotatable bonds is 2. The SMILES string of the molecule is CN=C(NC)NC[C@@H](C)O. The second-order valence-corrected chi connectivity index (χ2v) is 2.05. The molecule has 0 heterocycles. The largest absolute Gasteiger partial charge is 0.392 e. The van der Waals surface area contributed by atoms with Gasteiger partial charge in [0.15, 0.2) is 5.96 Å². The third kappa shape index (κ3) is 4.14. The number of nitrogens with one attached hydrogen (secondary N) is 2. The summed E-state index contributed by atoms with van der Waals surface area (Å²) >= 11 is 0. The van der Waals surface area contributed by atoms with E-state index in [2.05, 4.69) is 15.6 Å². The van der Waals surface area contributed by atoms with Gasteiger partial charge in [-0.3, -0.25) is 4.99 Å². The highest BCUT2D eigenvalue weighted by molar-refractivity contribution is 5.79. The predicted octanol–water partition coefficient (Wildman–Crippen LogP) is -0.838. The first-order valence-corrected chi connectivity index (χ1v) is 3.27. The van der Waals surface area contributed by atoms with E-state index in [-0.39, 0.29) is 6.10 Å². The zero-order valence-electron chi connectivity index (χ0n) is 6.68. The summed E-state index contributed by atoms with van der Waals surface area (Å²) in [4.78, 5) is 3.86. The maximum Gasteiger partial charge on any atom is 0.190 e. The Kier molecular flexibility index (Phi) is 4.66. The second kappa shape index (κ2) is 5.05. The van der Waals surface area contributed by atoms with Crippen LogP contribution in [0.15, 0.2) is 4.99 Å². The quantitative estimate of drug-likeness (QED) is 0.351. The molecule has 0 amide bonds. The lowest BCUT2D eigenvalue weighted by molar-refractivity contribution is 0.197. The van der Waals surface area contributed by atoms with E-state index >= 15 is 0 Å². The van der Waals surface area contributed by atoms with Crippen LogP contribution in [0.1, 0.15) is 6.92 Å². The number of aliphatic imine (C=N–C) groups is 1. The van der Waals surface area contributed by atoms with Crippen LogP contribution in [0.25, 0.3) is 0 Å². The summed E-state index contributed by atoms with van der Waals surface area (Å²) in [5.74, 6) is 0.695. The molecular weight excluding hydrogens is 130 g/mol. The average Bonchev–Trinajstić information content (AvgIpc) is 1.90. The minimum atomic E-state index is -0.343. The normalized spacial score (nSPS) is 14.6. The number of guanidine groups is 1. The van der Waals surface area contributed by atoms with Gasteiger partial charge in [-0.1, -0.05) is 0 Å². The molecule has 0 radical (unpaired) electrons. The van der Waals surface area contributed by atoms with Gasteiger partial charge in [-0.2, -0.15) is 0 Å². The summed E-state index contributed by atoms with van der Waals surface area (Å²) in [5.41, 5.74) is 0. The Morgan fingerprint density at radius 1 is 1.70 bits per heavy atom. The number of hydrogen-bond donors (Lipinski definition) is 3. The van der Waals surface area contributed by atoms with Gasteiger partial charge in [-0.15, -0.1) is 0 Å². The van der Waals surface area contributed by atoms with Gasteiger partial charge in [0.2, 0.25) is 0 Å². The molecule has 0 bridgehead atoms.